The van der Waals surface area contributed by atoms with Gasteiger partial charge in [0.1, 0.15) is 5.69 Å². The van der Waals surface area contributed by atoms with Gasteiger partial charge in [0, 0.05) is 19.2 Å². The lowest BCUT2D eigenvalue weighted by molar-refractivity contribution is -0.384. The molecule has 0 aliphatic carbocycles. The number of nitro benzene ring substituents is 1. The van der Waals surface area contributed by atoms with Crippen molar-refractivity contribution >= 4 is 11.4 Å². The van der Waals surface area contributed by atoms with Crippen LogP contribution in [0, 0.1) is 27.4 Å². The third kappa shape index (κ3) is 4.56. The van der Waals surface area contributed by atoms with Gasteiger partial charge in [-0.25, -0.2) is 0 Å². The number of anilines is 1. The van der Waals surface area contributed by atoms with Crippen LogP contribution in [0.4, 0.5) is 11.4 Å². The summed E-state index contributed by atoms with van der Waals surface area (Å²) in [5.74, 6) is 0.234. The van der Waals surface area contributed by atoms with Crippen LogP contribution in [0.15, 0.2) is 18.2 Å². The van der Waals surface area contributed by atoms with Gasteiger partial charge in [-0.3, -0.25) is 10.1 Å². The van der Waals surface area contributed by atoms with E-state index in [0.29, 0.717) is 12.2 Å². The molecular formula is C13H17N3O3. The summed E-state index contributed by atoms with van der Waals surface area (Å²) in [6.45, 7) is 2.69. The van der Waals surface area contributed by atoms with Gasteiger partial charge in [-0.1, -0.05) is 6.92 Å². The highest BCUT2D eigenvalue weighted by Crippen LogP contribution is 2.25. The number of hydrogen-bond acceptors (Lipinski definition) is 5. The van der Waals surface area contributed by atoms with Crippen LogP contribution in [0.5, 0.6) is 0 Å². The van der Waals surface area contributed by atoms with Crippen molar-refractivity contribution < 1.29 is 10.0 Å². The van der Waals surface area contributed by atoms with Gasteiger partial charge >= 0.3 is 0 Å². The third-order valence-corrected chi connectivity index (χ3v) is 2.82. The first-order valence-corrected chi connectivity index (χ1v) is 6.11. The minimum atomic E-state index is -0.500. The predicted molar refractivity (Wildman–Crippen MR) is 71.8 cm³/mol. The molecule has 2 N–H and O–H groups in total. The highest BCUT2D eigenvalue weighted by atomic mass is 16.6. The summed E-state index contributed by atoms with van der Waals surface area (Å²) < 4.78 is 0. The fourth-order valence-electron chi connectivity index (χ4n) is 1.67. The molecule has 0 saturated heterocycles. The fourth-order valence-corrected chi connectivity index (χ4v) is 1.67. The molecule has 0 bridgehead atoms. The average Bonchev–Trinajstić information content (AvgIpc) is 2.43. The normalized spacial score (nSPS) is 11.6. The molecule has 6 heteroatoms. The lowest BCUT2D eigenvalue weighted by Crippen LogP contribution is -2.07. The molecule has 1 atom stereocenters. The van der Waals surface area contributed by atoms with Crippen molar-refractivity contribution in [1.82, 2.24) is 0 Å². The summed E-state index contributed by atoms with van der Waals surface area (Å²) in [5.41, 5.74) is 0.598. The first-order chi connectivity index (χ1) is 9.08. The molecule has 0 saturated carbocycles. The molecule has 102 valence electrons. The standard InChI is InChI=1S/C13H17N3O3/c1-10(9-17)3-2-6-15-12-5-4-11(8-14)7-13(12)16(18)19/h4-5,7,10,15,17H,2-3,6,9H2,1H3. The van der Waals surface area contributed by atoms with E-state index < -0.39 is 4.92 Å². The molecular weight excluding hydrogens is 246 g/mol. The Morgan fingerprint density at radius 3 is 2.89 bits per heavy atom. The molecule has 0 aromatic heterocycles. The number of nitrogens with one attached hydrogen (secondary N) is 1. The Balaban J connectivity index is 2.63. The maximum absolute atomic E-state index is 10.9. The van der Waals surface area contributed by atoms with Crippen LogP contribution in [0.25, 0.3) is 0 Å². The molecule has 0 amide bonds. The van der Waals surface area contributed by atoms with Crippen LogP contribution >= 0.6 is 0 Å². The van der Waals surface area contributed by atoms with Crippen LogP contribution in [-0.2, 0) is 0 Å². The van der Waals surface area contributed by atoms with E-state index in [2.05, 4.69) is 5.32 Å². The summed E-state index contributed by atoms with van der Waals surface area (Å²) >= 11 is 0. The van der Waals surface area contributed by atoms with Crippen molar-refractivity contribution in [2.24, 2.45) is 5.92 Å². The van der Waals surface area contributed by atoms with Crippen LogP contribution in [0.2, 0.25) is 0 Å². The quantitative estimate of drug-likeness (QED) is 0.446. The maximum Gasteiger partial charge on any atom is 0.293 e. The minimum absolute atomic E-state index is 0.0887. The largest absolute Gasteiger partial charge is 0.396 e. The molecule has 1 rings (SSSR count). The number of nitrogens with zero attached hydrogens (tertiary/aromatic N) is 2. The Kier molecular flexibility index (Phi) is 5.76. The second-order valence-electron chi connectivity index (χ2n) is 4.46. The first kappa shape index (κ1) is 14.9. The van der Waals surface area contributed by atoms with Gasteiger partial charge in [-0.15, -0.1) is 0 Å². The topological polar surface area (TPSA) is 99.2 Å². The Morgan fingerprint density at radius 1 is 1.58 bits per heavy atom. The molecule has 19 heavy (non-hydrogen) atoms. The molecule has 0 spiro atoms. The van der Waals surface area contributed by atoms with Gasteiger partial charge in [-0.05, 0) is 30.9 Å². The van der Waals surface area contributed by atoms with Crippen molar-refractivity contribution in [1.29, 1.82) is 5.26 Å². The molecule has 1 unspecified atom stereocenters. The summed E-state index contributed by atoms with van der Waals surface area (Å²) in [7, 11) is 0. The van der Waals surface area contributed by atoms with Crippen LogP contribution in [0.1, 0.15) is 25.3 Å². The molecule has 0 fully saturated rings. The van der Waals surface area contributed by atoms with E-state index in [-0.39, 0.29) is 23.8 Å². The highest BCUT2D eigenvalue weighted by Gasteiger charge is 2.14. The number of benzene rings is 1. The Morgan fingerprint density at radius 2 is 2.32 bits per heavy atom. The first-order valence-electron chi connectivity index (χ1n) is 6.11. The van der Waals surface area contributed by atoms with Crippen molar-refractivity contribution in [2.75, 3.05) is 18.5 Å². The lowest BCUT2D eigenvalue weighted by atomic mass is 10.1. The van der Waals surface area contributed by atoms with E-state index in [0.717, 1.165) is 12.8 Å². The van der Waals surface area contributed by atoms with E-state index in [1.54, 1.807) is 12.1 Å². The summed E-state index contributed by atoms with van der Waals surface area (Å²) in [5, 5.41) is 31.5. The Bertz CT molecular complexity index is 483. The van der Waals surface area contributed by atoms with Crippen molar-refractivity contribution in [3.05, 3.63) is 33.9 Å². The monoisotopic (exact) mass is 263 g/mol. The van der Waals surface area contributed by atoms with Gasteiger partial charge in [0.25, 0.3) is 5.69 Å². The van der Waals surface area contributed by atoms with Gasteiger partial charge in [0.2, 0.25) is 0 Å². The van der Waals surface area contributed by atoms with Crippen molar-refractivity contribution in [3.63, 3.8) is 0 Å². The van der Waals surface area contributed by atoms with Crippen LogP contribution in [-0.4, -0.2) is 23.2 Å². The van der Waals surface area contributed by atoms with Gasteiger partial charge < -0.3 is 10.4 Å². The summed E-state index contributed by atoms with van der Waals surface area (Å²) in [6.07, 6.45) is 1.67. The van der Waals surface area contributed by atoms with Gasteiger partial charge in [0.05, 0.1) is 16.6 Å². The molecule has 0 radical (unpaired) electrons. The maximum atomic E-state index is 10.9. The highest BCUT2D eigenvalue weighted by molar-refractivity contribution is 5.63. The molecule has 1 aromatic rings. The zero-order chi connectivity index (χ0) is 14.3. The summed E-state index contributed by atoms with van der Waals surface area (Å²) in [6, 6.07) is 6.24. The molecule has 6 nitrogen and oxygen atoms in total. The number of nitro groups is 1. The third-order valence-electron chi connectivity index (χ3n) is 2.82. The predicted octanol–water partition coefficient (Wildman–Crippen LogP) is 2.29. The van der Waals surface area contributed by atoms with Crippen molar-refractivity contribution in [3.8, 4) is 6.07 Å². The smallest absolute Gasteiger partial charge is 0.293 e. The zero-order valence-electron chi connectivity index (χ0n) is 10.8. The van der Waals surface area contributed by atoms with E-state index >= 15 is 0 Å². The van der Waals surface area contributed by atoms with E-state index in [4.69, 9.17) is 10.4 Å². The van der Waals surface area contributed by atoms with E-state index in [9.17, 15) is 10.1 Å². The summed E-state index contributed by atoms with van der Waals surface area (Å²) in [4.78, 5) is 10.4. The SMILES string of the molecule is CC(CO)CCCNc1ccc(C#N)cc1[N+](=O)[O-]. The number of nitriles is 1. The van der Waals surface area contributed by atoms with Crippen LogP contribution in [0.3, 0.4) is 0 Å². The number of aliphatic hydroxyl groups is 1. The second-order valence-corrected chi connectivity index (χ2v) is 4.46. The minimum Gasteiger partial charge on any atom is -0.396 e. The number of rotatable bonds is 7. The van der Waals surface area contributed by atoms with Crippen molar-refractivity contribution in [2.45, 2.75) is 19.8 Å². The van der Waals surface area contributed by atoms with E-state index in [1.165, 1.54) is 6.07 Å². The molecule has 1 aromatic carbocycles. The zero-order valence-corrected chi connectivity index (χ0v) is 10.8. The Hall–Kier alpha value is -2.13. The van der Waals surface area contributed by atoms with Gasteiger partial charge in [-0.2, -0.15) is 5.26 Å². The number of aliphatic hydroxyl groups excluding tert-OH is 1. The average molecular weight is 263 g/mol. The number of hydrogen-bond donors (Lipinski definition) is 2. The molecule has 0 aliphatic rings. The molecule has 0 aliphatic heterocycles. The lowest BCUT2D eigenvalue weighted by Gasteiger charge is -2.09. The fraction of sp³-hybridized carbons (Fsp3) is 0.462. The second kappa shape index (κ2) is 7.34. The molecule has 0 heterocycles. The van der Waals surface area contributed by atoms with Gasteiger partial charge in [0.15, 0.2) is 0 Å². The van der Waals surface area contributed by atoms with E-state index in [1.807, 2.05) is 13.0 Å². The van der Waals surface area contributed by atoms with Crippen LogP contribution < -0.4 is 5.32 Å². The Labute approximate surface area is 111 Å².